The van der Waals surface area contributed by atoms with Gasteiger partial charge in [-0.3, -0.25) is 0 Å². The molecular weight excluding hydrogens is 266 g/mol. The van der Waals surface area contributed by atoms with E-state index in [1.807, 2.05) is 0 Å². The van der Waals surface area contributed by atoms with Gasteiger partial charge in [0.05, 0.1) is 0 Å². The first kappa shape index (κ1) is 16.3. The average Bonchev–Trinajstić information content (AvgIpc) is 1.00. The van der Waals surface area contributed by atoms with Gasteiger partial charge in [0.2, 0.25) is 0 Å². The van der Waals surface area contributed by atoms with Gasteiger partial charge in [0.15, 0.2) is 17.4 Å². The summed E-state index contributed by atoms with van der Waals surface area (Å²) in [6.45, 7) is 0. The van der Waals surface area contributed by atoms with Crippen LogP contribution in [0.15, 0.2) is 0 Å². The van der Waals surface area contributed by atoms with Gasteiger partial charge in [-0.05, 0) is 0 Å². The summed E-state index contributed by atoms with van der Waals surface area (Å²) in [7, 11) is 0. The van der Waals surface area contributed by atoms with Crippen molar-refractivity contribution in [2.75, 3.05) is 0 Å². The third-order valence-corrected chi connectivity index (χ3v) is 0. The van der Waals surface area contributed by atoms with Crippen molar-refractivity contribution < 1.29 is 58.7 Å². The van der Waals surface area contributed by atoms with Crippen molar-refractivity contribution in [3.05, 3.63) is 0 Å². The molecule has 4 heteroatoms. The summed E-state index contributed by atoms with van der Waals surface area (Å²) in [6, 6.07) is 0. The van der Waals surface area contributed by atoms with E-state index in [9.17, 15) is 0 Å². The van der Waals surface area contributed by atoms with E-state index in [4.69, 9.17) is 1.16 Å². The first-order chi connectivity index (χ1) is 1.00. The average molecular weight is 269 g/mol. The monoisotopic (exact) mass is 268 g/mol. The zero-order valence-corrected chi connectivity index (χ0v) is 6.70. The molecule has 0 aliphatic heterocycles. The number of rotatable bonds is 0. The van der Waals surface area contributed by atoms with Crippen LogP contribution >= 0.6 is 0 Å². The molecule has 1 nitrogen and oxygen atoms in total. The summed E-state index contributed by atoms with van der Waals surface area (Å²) in [5.74, 6) is 0. The molecule has 0 aromatic carbocycles. The van der Waals surface area contributed by atoms with E-state index in [0.29, 0.717) is 38.0 Å². The molecule has 0 aromatic rings. The van der Waals surface area contributed by atoms with Gasteiger partial charge in [-0.25, -0.2) is 0 Å². The Morgan fingerprint density at radius 2 is 1.25 bits per heavy atom. The van der Waals surface area contributed by atoms with Crippen molar-refractivity contribution in [1.29, 1.82) is 0 Å². The Morgan fingerprint density at radius 1 is 1.25 bits per heavy atom. The molecule has 0 N–H and O–H groups in total. The Morgan fingerprint density at radius 3 is 1.25 bits per heavy atom. The van der Waals surface area contributed by atoms with Gasteiger partial charge in [0.1, 0.15) is 0 Å². The third kappa shape index (κ3) is 8.86. The fourth-order valence-electron chi connectivity index (χ4n) is 0. The molecule has 0 aliphatic carbocycles. The molecule has 0 heterocycles. The van der Waals surface area contributed by atoms with E-state index in [1.165, 1.54) is 0 Å². The minimum absolute atomic E-state index is 0. The predicted molar refractivity (Wildman–Crippen MR) is 10.6 cm³/mol. The zero-order valence-electron chi connectivity index (χ0n) is 1.47. The summed E-state index contributed by atoms with van der Waals surface area (Å²) in [5, 5.41) is 0. The molecule has 0 bridgehead atoms. The van der Waals surface area contributed by atoms with Gasteiger partial charge in [0, 0.05) is 19.5 Å². The Labute approximate surface area is 74.6 Å². The van der Waals surface area contributed by atoms with Crippen LogP contribution in [0.2, 0.25) is 0 Å². The normalized spacial score (nSPS) is 1.25. The minimum atomic E-state index is 0. The van der Waals surface area contributed by atoms with Gasteiger partial charge in [-0.15, -0.1) is 0 Å². The van der Waals surface area contributed by atoms with Gasteiger partial charge in [-0.2, -0.15) is 0 Å². The molecule has 0 unspecified atom stereocenters. The van der Waals surface area contributed by atoms with Crippen LogP contribution in [0.25, 0.3) is 0 Å². The van der Waals surface area contributed by atoms with E-state index < -0.39 is 0 Å². The van der Waals surface area contributed by atoms with Crippen LogP contribution in [0.3, 0.4) is 0 Å². The standard InChI is InChI=1S/Al.Gd.O.Zn.3H. The molecule has 0 radical (unpaired) electrons. The van der Waals surface area contributed by atoms with Gasteiger partial charge < -0.3 is 0 Å². The SMILES string of the molecule is [AlH3].[O]=[Gd].[Zn]. The summed E-state index contributed by atoms with van der Waals surface area (Å²) in [6.07, 6.45) is 0. The van der Waals surface area contributed by atoms with E-state index in [1.54, 1.807) is 0 Å². The maximum absolute atomic E-state index is 8.28. The molecule has 0 rings (SSSR count). The van der Waals surface area contributed by atoms with Crippen LogP contribution in [0.5, 0.6) is 0 Å². The fraction of sp³-hybridized carbons (Fsp3) is 0. The van der Waals surface area contributed by atoms with Crippen LogP contribution in [0.1, 0.15) is 0 Å². The molecule has 0 atom stereocenters. The van der Waals surface area contributed by atoms with E-state index in [-0.39, 0.29) is 36.8 Å². The fourth-order valence-corrected chi connectivity index (χ4v) is 0. The van der Waals surface area contributed by atoms with Gasteiger partial charge in [0.25, 0.3) is 0 Å². The van der Waals surface area contributed by atoms with Crippen LogP contribution in [-0.4, -0.2) is 17.4 Å². The summed E-state index contributed by atoms with van der Waals surface area (Å²) >= 11 is 0.611. The summed E-state index contributed by atoms with van der Waals surface area (Å²) < 4.78 is 8.28. The number of hydrogen-bond donors (Lipinski definition) is 0. The van der Waals surface area contributed by atoms with Crippen LogP contribution < -0.4 is 0 Å². The van der Waals surface area contributed by atoms with E-state index in [0.717, 1.165) is 0 Å². The topological polar surface area (TPSA) is 17.1 Å². The molecule has 4 heavy (non-hydrogen) atoms. The first-order valence-corrected chi connectivity index (χ1v) is 1.07. The smallest absolute Gasteiger partial charge is 0 e. The zero-order chi connectivity index (χ0) is 2.00. The molecule has 22 valence electrons. The van der Waals surface area contributed by atoms with Crippen LogP contribution in [0, 0.1) is 38.0 Å². The molecule has 0 spiro atoms. The predicted octanol–water partition coefficient (Wildman–Crippen LogP) is -1.31. The maximum atomic E-state index is 8.28. The quantitative estimate of drug-likeness (QED) is 0.499. The van der Waals surface area contributed by atoms with Crippen molar-refractivity contribution in [3.8, 4) is 0 Å². The Hall–Kier alpha value is 2.28. The van der Waals surface area contributed by atoms with Crippen molar-refractivity contribution in [1.82, 2.24) is 0 Å². The Kier molecular flexibility index (Phi) is 75.7. The van der Waals surface area contributed by atoms with Crippen molar-refractivity contribution >= 4 is 17.4 Å². The van der Waals surface area contributed by atoms with Crippen LogP contribution in [-0.2, 0) is 20.6 Å². The molecule has 0 saturated carbocycles. The largest absolute Gasteiger partial charge is 0 e. The molecular formula is H3AlGdOZn. The summed E-state index contributed by atoms with van der Waals surface area (Å²) in [5.41, 5.74) is 0. The second-order valence-corrected chi connectivity index (χ2v) is 0. The number of hydrogen-bond acceptors (Lipinski definition) is 1. The van der Waals surface area contributed by atoms with Crippen molar-refractivity contribution in [3.63, 3.8) is 0 Å². The Balaban J connectivity index is -0.00000000500. The van der Waals surface area contributed by atoms with E-state index >= 15 is 0 Å². The minimum Gasteiger partial charge on any atom is 0 e. The first-order valence-electron chi connectivity index (χ1n) is 0.144. The van der Waals surface area contributed by atoms with Gasteiger partial charge in [-0.1, -0.05) is 0 Å². The maximum Gasteiger partial charge on any atom is 0 e. The second-order valence-electron chi connectivity index (χ2n) is 0. The summed E-state index contributed by atoms with van der Waals surface area (Å²) in [4.78, 5) is 0. The molecule has 0 aliphatic rings. The molecule has 0 fully saturated rings. The molecule has 0 aromatic heterocycles. The van der Waals surface area contributed by atoms with Crippen molar-refractivity contribution in [2.24, 2.45) is 0 Å². The second kappa shape index (κ2) is 18.6. The van der Waals surface area contributed by atoms with E-state index in [2.05, 4.69) is 0 Å². The van der Waals surface area contributed by atoms with Crippen LogP contribution in [0.4, 0.5) is 0 Å². The third-order valence-electron chi connectivity index (χ3n) is 0. The van der Waals surface area contributed by atoms with Gasteiger partial charge >= 0.3 is 39.2 Å². The van der Waals surface area contributed by atoms with Crippen molar-refractivity contribution in [2.45, 2.75) is 0 Å². The molecule has 0 saturated heterocycles. The Bertz CT molecular complexity index is 8.00. The molecule has 0 amide bonds.